The number of carbonyl (C=O) groups is 1. The van der Waals surface area contributed by atoms with Gasteiger partial charge in [-0.05, 0) is 19.1 Å². The molecule has 0 aliphatic carbocycles. The number of hydrogen-bond acceptors (Lipinski definition) is 5. The Hall–Kier alpha value is -1.95. The Labute approximate surface area is 112 Å². The lowest BCUT2D eigenvalue weighted by Gasteiger charge is -2.20. The monoisotopic (exact) mass is 269 g/mol. The molecule has 1 aromatic carbocycles. The first-order valence-corrected chi connectivity index (χ1v) is 5.78. The fourth-order valence-corrected chi connectivity index (χ4v) is 1.43. The summed E-state index contributed by atoms with van der Waals surface area (Å²) in [4.78, 5) is 10.9. The minimum absolute atomic E-state index is 0.149. The van der Waals surface area contributed by atoms with Crippen LogP contribution in [0, 0.1) is 0 Å². The number of rotatable bonds is 7. The number of aliphatic carboxylic acids is 1. The van der Waals surface area contributed by atoms with E-state index in [1.165, 1.54) is 21.1 Å². The zero-order valence-corrected chi connectivity index (χ0v) is 11.3. The molecule has 0 amide bonds. The fourth-order valence-electron chi connectivity index (χ4n) is 1.43. The number of nitrogens with two attached hydrogens (primary N) is 1. The molecule has 0 aliphatic heterocycles. The van der Waals surface area contributed by atoms with Crippen LogP contribution in [0.2, 0.25) is 0 Å². The van der Waals surface area contributed by atoms with Crippen LogP contribution in [0.1, 0.15) is 13.3 Å². The van der Waals surface area contributed by atoms with Crippen LogP contribution in [-0.2, 0) is 4.79 Å². The van der Waals surface area contributed by atoms with E-state index in [2.05, 4.69) is 0 Å². The second-order valence-electron chi connectivity index (χ2n) is 4.31. The van der Waals surface area contributed by atoms with E-state index in [-0.39, 0.29) is 13.0 Å². The maximum Gasteiger partial charge on any atom is 0.323 e. The van der Waals surface area contributed by atoms with Crippen molar-refractivity contribution in [2.24, 2.45) is 5.73 Å². The third kappa shape index (κ3) is 3.75. The summed E-state index contributed by atoms with van der Waals surface area (Å²) < 4.78 is 15.9. The van der Waals surface area contributed by atoms with Crippen molar-refractivity contribution in [2.45, 2.75) is 18.9 Å². The normalized spacial score (nSPS) is 13.5. The van der Waals surface area contributed by atoms with Crippen molar-refractivity contribution in [3.63, 3.8) is 0 Å². The molecule has 0 aliphatic rings. The Morgan fingerprint density at radius 2 is 1.84 bits per heavy atom. The molecule has 0 aromatic heterocycles. The number of hydrogen-bond donors (Lipinski definition) is 2. The topological polar surface area (TPSA) is 91.0 Å². The molecule has 0 fully saturated rings. The van der Waals surface area contributed by atoms with Gasteiger partial charge >= 0.3 is 5.97 Å². The summed E-state index contributed by atoms with van der Waals surface area (Å²) in [6.45, 7) is 1.59. The van der Waals surface area contributed by atoms with Gasteiger partial charge in [0.15, 0.2) is 11.5 Å². The van der Waals surface area contributed by atoms with Crippen LogP contribution in [0.4, 0.5) is 0 Å². The van der Waals surface area contributed by atoms with Crippen molar-refractivity contribution in [2.75, 3.05) is 20.8 Å². The van der Waals surface area contributed by atoms with Crippen LogP contribution in [0.25, 0.3) is 0 Å². The lowest BCUT2D eigenvalue weighted by Crippen LogP contribution is -2.45. The lowest BCUT2D eigenvalue weighted by atomic mass is 10.0. The smallest absolute Gasteiger partial charge is 0.323 e. The van der Waals surface area contributed by atoms with Crippen LogP contribution >= 0.6 is 0 Å². The third-order valence-electron chi connectivity index (χ3n) is 2.74. The Bertz CT molecular complexity index is 422. The number of carboxylic acids is 1. The number of para-hydroxylation sites is 1. The molecule has 19 heavy (non-hydrogen) atoms. The predicted octanol–water partition coefficient (Wildman–Crippen LogP) is 1.27. The van der Waals surface area contributed by atoms with Gasteiger partial charge in [-0.25, -0.2) is 0 Å². The molecule has 1 rings (SSSR count). The number of ether oxygens (including phenoxy) is 3. The standard InChI is InChI=1S/C13H19NO5/c1-13(14,12(15)16)7-8-19-11-9(17-2)5-4-6-10(11)18-3/h4-6H,7-8,14H2,1-3H3,(H,15,16). The van der Waals surface area contributed by atoms with Gasteiger partial charge in [0.25, 0.3) is 0 Å². The van der Waals surface area contributed by atoms with Crippen molar-refractivity contribution < 1.29 is 24.1 Å². The van der Waals surface area contributed by atoms with E-state index in [9.17, 15) is 4.79 Å². The van der Waals surface area contributed by atoms with Gasteiger partial charge in [-0.1, -0.05) is 6.07 Å². The highest BCUT2D eigenvalue weighted by Crippen LogP contribution is 2.36. The first-order chi connectivity index (χ1) is 8.92. The first kappa shape index (κ1) is 15.1. The molecule has 1 aromatic rings. The van der Waals surface area contributed by atoms with Crippen LogP contribution in [0.3, 0.4) is 0 Å². The number of carboxylic acid groups (broad SMARTS) is 1. The maximum absolute atomic E-state index is 10.9. The SMILES string of the molecule is COc1cccc(OC)c1OCCC(C)(N)C(=O)O. The fraction of sp³-hybridized carbons (Fsp3) is 0.462. The molecule has 0 heterocycles. The summed E-state index contributed by atoms with van der Waals surface area (Å²) in [5, 5.41) is 8.91. The predicted molar refractivity (Wildman–Crippen MR) is 69.9 cm³/mol. The van der Waals surface area contributed by atoms with E-state index in [0.717, 1.165) is 0 Å². The average molecular weight is 269 g/mol. The van der Waals surface area contributed by atoms with Crippen molar-refractivity contribution in [3.05, 3.63) is 18.2 Å². The Morgan fingerprint density at radius 3 is 2.26 bits per heavy atom. The molecular formula is C13H19NO5. The summed E-state index contributed by atoms with van der Waals surface area (Å²) in [5.41, 5.74) is 4.30. The summed E-state index contributed by atoms with van der Waals surface area (Å²) >= 11 is 0. The number of benzene rings is 1. The molecule has 3 N–H and O–H groups in total. The van der Waals surface area contributed by atoms with E-state index < -0.39 is 11.5 Å². The van der Waals surface area contributed by atoms with Crippen molar-refractivity contribution in [1.82, 2.24) is 0 Å². The molecule has 0 radical (unpaired) electrons. The first-order valence-electron chi connectivity index (χ1n) is 5.78. The molecule has 6 nitrogen and oxygen atoms in total. The summed E-state index contributed by atoms with van der Waals surface area (Å²) in [6, 6.07) is 5.24. The molecule has 0 bridgehead atoms. The molecule has 0 saturated heterocycles. The second-order valence-corrected chi connectivity index (χ2v) is 4.31. The highest BCUT2D eigenvalue weighted by atomic mass is 16.5. The van der Waals surface area contributed by atoms with Gasteiger partial charge in [0.2, 0.25) is 5.75 Å². The maximum atomic E-state index is 10.9. The summed E-state index contributed by atoms with van der Waals surface area (Å²) in [6.07, 6.45) is 0.170. The molecule has 0 spiro atoms. The van der Waals surface area contributed by atoms with Gasteiger partial charge in [0.05, 0.1) is 20.8 Å². The van der Waals surface area contributed by atoms with Crippen LogP contribution < -0.4 is 19.9 Å². The average Bonchev–Trinajstić information content (AvgIpc) is 2.38. The highest BCUT2D eigenvalue weighted by molar-refractivity contribution is 5.77. The van der Waals surface area contributed by atoms with E-state index in [0.29, 0.717) is 17.2 Å². The second kappa shape index (κ2) is 6.29. The highest BCUT2D eigenvalue weighted by Gasteiger charge is 2.28. The van der Waals surface area contributed by atoms with Gasteiger partial charge in [-0.15, -0.1) is 0 Å². The van der Waals surface area contributed by atoms with E-state index >= 15 is 0 Å². The minimum atomic E-state index is -1.32. The molecule has 1 unspecified atom stereocenters. The summed E-state index contributed by atoms with van der Waals surface area (Å²) in [5.74, 6) is 0.415. The van der Waals surface area contributed by atoms with Gasteiger partial charge in [0, 0.05) is 6.42 Å². The van der Waals surface area contributed by atoms with Gasteiger partial charge in [0.1, 0.15) is 5.54 Å². The molecule has 0 saturated carbocycles. The van der Waals surface area contributed by atoms with Gasteiger partial charge in [-0.2, -0.15) is 0 Å². The van der Waals surface area contributed by atoms with Gasteiger partial charge < -0.3 is 25.1 Å². The lowest BCUT2D eigenvalue weighted by molar-refractivity contribution is -0.143. The zero-order valence-electron chi connectivity index (χ0n) is 11.3. The van der Waals surface area contributed by atoms with E-state index in [1.54, 1.807) is 18.2 Å². The van der Waals surface area contributed by atoms with E-state index in [1.807, 2.05) is 0 Å². The van der Waals surface area contributed by atoms with Gasteiger partial charge in [-0.3, -0.25) is 4.79 Å². The molecular weight excluding hydrogens is 250 g/mol. The van der Waals surface area contributed by atoms with Crippen molar-refractivity contribution in [3.8, 4) is 17.2 Å². The number of methoxy groups -OCH3 is 2. The molecule has 1 atom stereocenters. The van der Waals surface area contributed by atoms with E-state index in [4.69, 9.17) is 25.1 Å². The third-order valence-corrected chi connectivity index (χ3v) is 2.74. The molecule has 6 heteroatoms. The van der Waals surface area contributed by atoms with Crippen molar-refractivity contribution >= 4 is 5.97 Å². The zero-order chi connectivity index (χ0) is 14.5. The molecule has 106 valence electrons. The van der Waals surface area contributed by atoms with Crippen LogP contribution in [0.5, 0.6) is 17.2 Å². The Balaban J connectivity index is 2.75. The van der Waals surface area contributed by atoms with Crippen LogP contribution in [-0.4, -0.2) is 37.4 Å². The largest absolute Gasteiger partial charge is 0.493 e. The Kier molecular flexibility index (Phi) is 5.00. The van der Waals surface area contributed by atoms with Crippen molar-refractivity contribution in [1.29, 1.82) is 0 Å². The minimum Gasteiger partial charge on any atom is -0.493 e. The van der Waals surface area contributed by atoms with Crippen LogP contribution in [0.15, 0.2) is 18.2 Å². The quantitative estimate of drug-likeness (QED) is 0.774. The summed E-state index contributed by atoms with van der Waals surface area (Å²) in [7, 11) is 3.04. The Morgan fingerprint density at radius 1 is 1.32 bits per heavy atom.